The third-order valence-corrected chi connectivity index (χ3v) is 5.88. The van der Waals surface area contributed by atoms with Gasteiger partial charge in [0, 0.05) is 49.9 Å². The number of aryl methyl sites for hydroxylation is 1. The van der Waals surface area contributed by atoms with Gasteiger partial charge < -0.3 is 10.2 Å². The lowest BCUT2D eigenvalue weighted by Gasteiger charge is -2.34. The van der Waals surface area contributed by atoms with Crippen LogP contribution in [-0.4, -0.2) is 33.9 Å². The summed E-state index contributed by atoms with van der Waals surface area (Å²) in [5.41, 5.74) is 3.96. The fourth-order valence-corrected chi connectivity index (χ4v) is 4.26. The molecule has 0 atom stereocenters. The molecule has 0 aliphatic carbocycles. The summed E-state index contributed by atoms with van der Waals surface area (Å²) in [5.74, 6) is 0. The summed E-state index contributed by atoms with van der Waals surface area (Å²) in [6, 6.07) is 10.6. The maximum atomic E-state index is 9.30. The van der Waals surface area contributed by atoms with Gasteiger partial charge in [-0.1, -0.05) is 12.1 Å². The van der Waals surface area contributed by atoms with Crippen LogP contribution in [0.5, 0.6) is 0 Å². The smallest absolute Gasteiger partial charge is 0.126 e. The van der Waals surface area contributed by atoms with Crippen molar-refractivity contribution in [2.45, 2.75) is 25.4 Å². The fraction of sp³-hybridized carbons (Fsp3) is 0.350. The van der Waals surface area contributed by atoms with Gasteiger partial charge in [-0.25, -0.2) is 4.98 Å². The van der Waals surface area contributed by atoms with Crippen LogP contribution in [-0.2, 0) is 13.6 Å². The van der Waals surface area contributed by atoms with Crippen molar-refractivity contribution < 1.29 is 0 Å². The van der Waals surface area contributed by atoms with Gasteiger partial charge in [-0.2, -0.15) is 10.4 Å². The van der Waals surface area contributed by atoms with Gasteiger partial charge in [0.05, 0.1) is 23.1 Å². The number of benzene rings is 1. The lowest BCUT2D eigenvalue weighted by Crippen LogP contribution is -2.42. The van der Waals surface area contributed by atoms with E-state index in [9.17, 15) is 5.26 Å². The number of anilines is 1. The molecule has 1 N–H and O–H groups in total. The zero-order valence-electron chi connectivity index (χ0n) is 15.3. The molecule has 1 fully saturated rings. The van der Waals surface area contributed by atoms with E-state index in [1.807, 2.05) is 43.7 Å². The zero-order valence-corrected chi connectivity index (χ0v) is 16.1. The Balaban J connectivity index is 1.30. The molecule has 3 heterocycles. The van der Waals surface area contributed by atoms with E-state index in [2.05, 4.69) is 26.8 Å². The molecule has 6 nitrogen and oxygen atoms in total. The highest BCUT2D eigenvalue weighted by molar-refractivity contribution is 7.13. The van der Waals surface area contributed by atoms with E-state index in [0.717, 1.165) is 60.0 Å². The van der Waals surface area contributed by atoms with Crippen molar-refractivity contribution >= 4 is 17.0 Å². The number of nitriles is 1. The first-order chi connectivity index (χ1) is 13.2. The minimum absolute atomic E-state index is 0.485. The van der Waals surface area contributed by atoms with E-state index in [0.29, 0.717) is 6.04 Å². The van der Waals surface area contributed by atoms with Crippen LogP contribution in [0.1, 0.15) is 24.1 Å². The number of thiazole rings is 1. The Morgan fingerprint density at radius 3 is 2.85 bits per heavy atom. The van der Waals surface area contributed by atoms with Crippen molar-refractivity contribution in [1.29, 1.82) is 5.26 Å². The van der Waals surface area contributed by atoms with Gasteiger partial charge in [0.25, 0.3) is 0 Å². The molecule has 1 saturated heterocycles. The highest BCUT2D eigenvalue weighted by atomic mass is 32.1. The van der Waals surface area contributed by atoms with Crippen molar-refractivity contribution in [2.75, 3.05) is 18.0 Å². The lowest BCUT2D eigenvalue weighted by molar-refractivity contribution is 0.412. The topological polar surface area (TPSA) is 69.8 Å². The first-order valence-corrected chi connectivity index (χ1v) is 10.0. The SMILES string of the molecule is Cn1cc(-c2nc(CNC3CCN(c4ccccc4C#N)CC3)cs2)cn1. The second-order valence-corrected chi connectivity index (χ2v) is 7.68. The van der Waals surface area contributed by atoms with Crippen LogP contribution in [0.2, 0.25) is 0 Å². The summed E-state index contributed by atoms with van der Waals surface area (Å²) in [6.45, 7) is 2.72. The van der Waals surface area contributed by atoms with Gasteiger partial charge in [0.2, 0.25) is 0 Å². The number of hydrogen-bond donors (Lipinski definition) is 1. The van der Waals surface area contributed by atoms with E-state index in [1.165, 1.54) is 0 Å². The van der Waals surface area contributed by atoms with Gasteiger partial charge in [0.15, 0.2) is 0 Å². The fourth-order valence-electron chi connectivity index (χ4n) is 3.47. The summed E-state index contributed by atoms with van der Waals surface area (Å²) in [4.78, 5) is 7.04. The number of piperidine rings is 1. The summed E-state index contributed by atoms with van der Waals surface area (Å²) in [5, 5.41) is 20.3. The molecule has 0 unspecified atom stereocenters. The largest absolute Gasteiger partial charge is 0.370 e. The summed E-state index contributed by atoms with van der Waals surface area (Å²) < 4.78 is 1.80. The standard InChI is InChI=1S/C20H22N6S/c1-25-13-16(11-23-25)20-24-18(14-27-20)12-22-17-6-8-26(9-7-17)19-5-3-2-4-15(19)10-21/h2-5,11,13-14,17,22H,6-9,12H2,1H3. The Morgan fingerprint density at radius 2 is 2.11 bits per heavy atom. The second kappa shape index (κ2) is 7.91. The molecule has 0 bridgehead atoms. The third kappa shape index (κ3) is 4.02. The molecule has 4 rings (SSSR count). The molecule has 1 aliphatic heterocycles. The van der Waals surface area contributed by atoms with E-state index in [4.69, 9.17) is 4.98 Å². The Hall–Kier alpha value is -2.69. The van der Waals surface area contributed by atoms with Crippen molar-refractivity contribution in [1.82, 2.24) is 20.1 Å². The quantitative estimate of drug-likeness (QED) is 0.738. The van der Waals surface area contributed by atoms with E-state index in [-0.39, 0.29) is 0 Å². The summed E-state index contributed by atoms with van der Waals surface area (Å²) in [6.07, 6.45) is 5.98. The Kier molecular flexibility index (Phi) is 5.19. The van der Waals surface area contributed by atoms with Crippen LogP contribution in [0.3, 0.4) is 0 Å². The van der Waals surface area contributed by atoms with Crippen molar-refractivity contribution in [3.8, 4) is 16.6 Å². The molecular formula is C20H22N6S. The maximum Gasteiger partial charge on any atom is 0.126 e. The molecule has 138 valence electrons. The van der Waals surface area contributed by atoms with Crippen LogP contribution in [0.25, 0.3) is 10.6 Å². The average molecular weight is 379 g/mol. The number of nitrogens with zero attached hydrogens (tertiary/aromatic N) is 5. The first-order valence-electron chi connectivity index (χ1n) is 9.14. The van der Waals surface area contributed by atoms with Crippen molar-refractivity contribution in [3.63, 3.8) is 0 Å². The zero-order chi connectivity index (χ0) is 18.6. The summed E-state index contributed by atoms with van der Waals surface area (Å²) in [7, 11) is 1.92. The van der Waals surface area contributed by atoms with E-state index in [1.54, 1.807) is 16.0 Å². The molecule has 0 saturated carbocycles. The maximum absolute atomic E-state index is 9.30. The van der Waals surface area contributed by atoms with Gasteiger partial charge in [-0.15, -0.1) is 11.3 Å². The molecular weight excluding hydrogens is 356 g/mol. The highest BCUT2D eigenvalue weighted by Gasteiger charge is 2.21. The Bertz CT molecular complexity index is 945. The van der Waals surface area contributed by atoms with E-state index < -0.39 is 0 Å². The number of para-hydroxylation sites is 1. The molecule has 7 heteroatoms. The van der Waals surface area contributed by atoms with Gasteiger partial charge in [0.1, 0.15) is 11.1 Å². The molecule has 1 aromatic carbocycles. The Labute approximate surface area is 163 Å². The predicted molar refractivity (Wildman–Crippen MR) is 108 cm³/mol. The average Bonchev–Trinajstić information content (AvgIpc) is 3.35. The van der Waals surface area contributed by atoms with Crippen LogP contribution < -0.4 is 10.2 Å². The van der Waals surface area contributed by atoms with Crippen molar-refractivity contribution in [2.24, 2.45) is 7.05 Å². The van der Waals surface area contributed by atoms with E-state index >= 15 is 0 Å². The van der Waals surface area contributed by atoms with Gasteiger partial charge >= 0.3 is 0 Å². The molecule has 0 spiro atoms. The minimum atomic E-state index is 0.485. The third-order valence-electron chi connectivity index (χ3n) is 4.94. The number of rotatable bonds is 5. The highest BCUT2D eigenvalue weighted by Crippen LogP contribution is 2.25. The minimum Gasteiger partial charge on any atom is -0.370 e. The number of nitrogens with one attached hydrogen (secondary N) is 1. The Morgan fingerprint density at radius 1 is 1.30 bits per heavy atom. The molecule has 0 radical (unpaired) electrons. The predicted octanol–water partition coefficient (Wildman–Crippen LogP) is 3.17. The first kappa shape index (κ1) is 17.7. The normalized spacial score (nSPS) is 15.0. The van der Waals surface area contributed by atoms with Gasteiger partial charge in [-0.3, -0.25) is 4.68 Å². The molecule has 2 aromatic heterocycles. The van der Waals surface area contributed by atoms with Crippen LogP contribution >= 0.6 is 11.3 Å². The van der Waals surface area contributed by atoms with Crippen LogP contribution in [0.4, 0.5) is 5.69 Å². The second-order valence-electron chi connectivity index (χ2n) is 6.82. The molecule has 3 aromatic rings. The van der Waals surface area contributed by atoms with Crippen LogP contribution in [0, 0.1) is 11.3 Å². The molecule has 1 aliphatic rings. The number of hydrogen-bond acceptors (Lipinski definition) is 6. The van der Waals surface area contributed by atoms with Crippen molar-refractivity contribution in [3.05, 3.63) is 53.3 Å². The van der Waals surface area contributed by atoms with Gasteiger partial charge in [-0.05, 0) is 25.0 Å². The monoisotopic (exact) mass is 378 g/mol. The lowest BCUT2D eigenvalue weighted by atomic mass is 10.0. The number of aromatic nitrogens is 3. The van der Waals surface area contributed by atoms with Crippen LogP contribution in [0.15, 0.2) is 42.0 Å². The summed E-state index contributed by atoms with van der Waals surface area (Å²) >= 11 is 1.66. The molecule has 0 amide bonds. The molecule has 27 heavy (non-hydrogen) atoms.